The van der Waals surface area contributed by atoms with Gasteiger partial charge < -0.3 is 13.9 Å². The van der Waals surface area contributed by atoms with Crippen molar-refractivity contribution >= 4 is 33.6 Å². The number of esters is 2. The fraction of sp³-hybridized carbons (Fsp3) is 0.368. The van der Waals surface area contributed by atoms with Crippen molar-refractivity contribution in [1.29, 1.82) is 0 Å². The molecule has 0 atom stereocenters. The highest BCUT2D eigenvalue weighted by Gasteiger charge is 2.35. The Morgan fingerprint density at radius 3 is 2.41 bits per heavy atom. The van der Waals surface area contributed by atoms with E-state index in [1.807, 2.05) is 0 Å². The molecule has 0 bridgehead atoms. The number of furan rings is 1. The Hall–Kier alpha value is -2.36. The first-order valence-corrected chi connectivity index (χ1v) is 10.9. The van der Waals surface area contributed by atoms with E-state index in [1.54, 1.807) is 31.2 Å². The summed E-state index contributed by atoms with van der Waals surface area (Å²) in [6, 6.07) is 8.92. The molecule has 156 valence electrons. The van der Waals surface area contributed by atoms with E-state index in [4.69, 9.17) is 25.5 Å². The van der Waals surface area contributed by atoms with Crippen molar-refractivity contribution in [2.75, 3.05) is 19.7 Å². The van der Waals surface area contributed by atoms with Crippen LogP contribution in [-0.4, -0.2) is 44.4 Å². The van der Waals surface area contributed by atoms with Crippen LogP contribution in [-0.2, 0) is 19.6 Å². The number of halogens is 1. The molecule has 1 aliphatic rings. The molecule has 0 aliphatic carbocycles. The highest BCUT2D eigenvalue weighted by Crippen LogP contribution is 2.27. The monoisotopic (exact) mass is 441 g/mol. The van der Waals surface area contributed by atoms with E-state index in [1.165, 1.54) is 16.4 Å². The average Bonchev–Trinajstić information content (AvgIpc) is 3.21. The van der Waals surface area contributed by atoms with E-state index < -0.39 is 27.9 Å². The molecule has 1 aromatic carbocycles. The van der Waals surface area contributed by atoms with Gasteiger partial charge in [-0.25, -0.2) is 13.2 Å². The van der Waals surface area contributed by atoms with Gasteiger partial charge in [0.05, 0.1) is 12.5 Å². The topological polar surface area (TPSA) is 103 Å². The molecular formula is C19H20ClNO7S. The first-order valence-electron chi connectivity index (χ1n) is 9.05. The Kier molecular flexibility index (Phi) is 6.61. The second-order valence-electron chi connectivity index (χ2n) is 6.39. The molecule has 2 heterocycles. The van der Waals surface area contributed by atoms with Crippen LogP contribution < -0.4 is 4.74 Å². The third-order valence-electron chi connectivity index (χ3n) is 4.47. The number of hydrogen-bond donors (Lipinski definition) is 0. The average molecular weight is 442 g/mol. The van der Waals surface area contributed by atoms with E-state index in [2.05, 4.69) is 0 Å². The fourth-order valence-corrected chi connectivity index (χ4v) is 4.44. The fourth-order valence-electron chi connectivity index (χ4n) is 2.93. The molecule has 2 aromatic rings. The van der Waals surface area contributed by atoms with Crippen LogP contribution in [0, 0.1) is 5.92 Å². The molecule has 0 radical (unpaired) electrons. The predicted molar refractivity (Wildman–Crippen MR) is 103 cm³/mol. The van der Waals surface area contributed by atoms with Crippen molar-refractivity contribution in [2.45, 2.75) is 24.9 Å². The van der Waals surface area contributed by atoms with Crippen molar-refractivity contribution in [2.24, 2.45) is 5.92 Å². The first kappa shape index (κ1) is 21.4. The molecule has 1 saturated heterocycles. The smallest absolute Gasteiger partial charge is 0.374 e. The minimum absolute atomic E-state index is 0.137. The van der Waals surface area contributed by atoms with Gasteiger partial charge in [-0.2, -0.15) is 4.31 Å². The van der Waals surface area contributed by atoms with E-state index in [0.29, 0.717) is 23.6 Å². The van der Waals surface area contributed by atoms with Gasteiger partial charge in [0.2, 0.25) is 10.9 Å². The van der Waals surface area contributed by atoms with Crippen LogP contribution in [0.4, 0.5) is 0 Å². The number of nitrogens with zero attached hydrogens (tertiary/aromatic N) is 1. The second kappa shape index (κ2) is 8.98. The summed E-state index contributed by atoms with van der Waals surface area (Å²) in [5.74, 6) is -1.34. The quantitative estimate of drug-likeness (QED) is 0.501. The number of rotatable bonds is 6. The van der Waals surface area contributed by atoms with Crippen LogP contribution in [0.25, 0.3) is 0 Å². The van der Waals surface area contributed by atoms with Gasteiger partial charge in [-0.3, -0.25) is 4.79 Å². The van der Waals surface area contributed by atoms with Crippen LogP contribution in [0.2, 0.25) is 5.02 Å². The van der Waals surface area contributed by atoms with Gasteiger partial charge in [0.15, 0.2) is 0 Å². The summed E-state index contributed by atoms with van der Waals surface area (Å²) < 4.78 is 42.0. The Morgan fingerprint density at radius 2 is 1.79 bits per heavy atom. The van der Waals surface area contributed by atoms with Gasteiger partial charge >= 0.3 is 11.9 Å². The Bertz CT molecular complexity index is 976. The minimum atomic E-state index is -3.91. The number of sulfonamides is 1. The van der Waals surface area contributed by atoms with E-state index in [-0.39, 0.29) is 30.5 Å². The number of piperidine rings is 1. The highest BCUT2D eigenvalue weighted by molar-refractivity contribution is 7.89. The summed E-state index contributed by atoms with van der Waals surface area (Å²) >= 11 is 5.80. The normalized spacial score (nSPS) is 15.8. The molecule has 0 spiro atoms. The molecular weight excluding hydrogens is 422 g/mol. The standard InChI is InChI=1S/C19H20ClNO7S/c1-2-26-19(23)16-7-8-17(28-16)29(24,25)21-11-9-13(10-12-21)18(22)27-15-5-3-14(20)4-6-15/h3-8,13H,2,9-12H2,1H3. The van der Waals surface area contributed by atoms with Gasteiger partial charge in [0.25, 0.3) is 10.0 Å². The molecule has 1 aromatic heterocycles. The van der Waals surface area contributed by atoms with Gasteiger partial charge in [0, 0.05) is 18.1 Å². The van der Waals surface area contributed by atoms with Crippen LogP contribution >= 0.6 is 11.6 Å². The molecule has 0 unspecified atom stereocenters. The molecule has 8 nitrogen and oxygen atoms in total. The lowest BCUT2D eigenvalue weighted by Gasteiger charge is -2.29. The Labute approximate surface area is 173 Å². The first-order chi connectivity index (χ1) is 13.8. The van der Waals surface area contributed by atoms with Crippen molar-refractivity contribution in [3.05, 3.63) is 47.2 Å². The Balaban J connectivity index is 1.60. The summed E-state index contributed by atoms with van der Waals surface area (Å²) in [7, 11) is -3.91. The Morgan fingerprint density at radius 1 is 1.14 bits per heavy atom. The van der Waals surface area contributed by atoms with Gasteiger partial charge in [-0.15, -0.1) is 0 Å². The largest absolute Gasteiger partial charge is 0.460 e. The van der Waals surface area contributed by atoms with Crippen LogP contribution in [0.5, 0.6) is 5.75 Å². The van der Waals surface area contributed by atoms with Crippen molar-refractivity contribution in [3.8, 4) is 5.75 Å². The number of hydrogen-bond acceptors (Lipinski definition) is 7. The lowest BCUT2D eigenvalue weighted by Crippen LogP contribution is -2.41. The van der Waals surface area contributed by atoms with Crippen molar-refractivity contribution in [1.82, 2.24) is 4.31 Å². The van der Waals surface area contributed by atoms with Crippen molar-refractivity contribution in [3.63, 3.8) is 0 Å². The van der Waals surface area contributed by atoms with E-state index >= 15 is 0 Å². The lowest BCUT2D eigenvalue weighted by molar-refractivity contribution is -0.140. The molecule has 3 rings (SSSR count). The molecule has 29 heavy (non-hydrogen) atoms. The summed E-state index contributed by atoms with van der Waals surface area (Å²) in [5, 5.41) is 0.204. The summed E-state index contributed by atoms with van der Waals surface area (Å²) in [6.07, 6.45) is 0.633. The lowest BCUT2D eigenvalue weighted by atomic mass is 9.98. The van der Waals surface area contributed by atoms with Crippen LogP contribution in [0.3, 0.4) is 0 Å². The van der Waals surface area contributed by atoms with E-state index in [9.17, 15) is 18.0 Å². The van der Waals surface area contributed by atoms with Crippen LogP contribution in [0.15, 0.2) is 45.9 Å². The third-order valence-corrected chi connectivity index (χ3v) is 6.50. The third kappa shape index (κ3) is 4.98. The summed E-state index contributed by atoms with van der Waals surface area (Å²) in [5.41, 5.74) is 0. The second-order valence-corrected chi connectivity index (χ2v) is 8.70. The van der Waals surface area contributed by atoms with Gasteiger partial charge in [-0.05, 0) is 56.2 Å². The maximum Gasteiger partial charge on any atom is 0.374 e. The summed E-state index contributed by atoms with van der Waals surface area (Å²) in [4.78, 5) is 24.0. The van der Waals surface area contributed by atoms with Crippen LogP contribution in [0.1, 0.15) is 30.3 Å². The highest BCUT2D eigenvalue weighted by atomic mass is 35.5. The number of ether oxygens (including phenoxy) is 2. The zero-order valence-corrected chi connectivity index (χ0v) is 17.2. The van der Waals surface area contributed by atoms with Gasteiger partial charge in [0.1, 0.15) is 5.75 Å². The van der Waals surface area contributed by atoms with E-state index in [0.717, 1.165) is 0 Å². The SMILES string of the molecule is CCOC(=O)c1ccc(S(=O)(=O)N2CCC(C(=O)Oc3ccc(Cl)cc3)CC2)o1. The maximum atomic E-state index is 12.7. The maximum absolute atomic E-state index is 12.7. The summed E-state index contributed by atoms with van der Waals surface area (Å²) in [6.45, 7) is 2.07. The zero-order chi connectivity index (χ0) is 21.0. The minimum Gasteiger partial charge on any atom is -0.460 e. The number of benzene rings is 1. The number of carbonyl (C=O) groups is 2. The van der Waals surface area contributed by atoms with Crippen molar-refractivity contribution < 1.29 is 31.9 Å². The van der Waals surface area contributed by atoms with Gasteiger partial charge in [-0.1, -0.05) is 11.6 Å². The molecule has 10 heteroatoms. The zero-order valence-electron chi connectivity index (χ0n) is 15.7. The molecule has 1 fully saturated rings. The molecule has 1 aliphatic heterocycles. The predicted octanol–water partition coefficient (Wildman–Crippen LogP) is 3.12. The molecule has 0 amide bonds. The number of carbonyl (C=O) groups excluding carboxylic acids is 2. The molecule has 0 saturated carbocycles. The molecule has 0 N–H and O–H groups in total.